The Morgan fingerprint density at radius 3 is 2.60 bits per heavy atom. The monoisotopic (exact) mass is 446 g/mol. The number of aromatic nitrogens is 2. The topological polar surface area (TPSA) is 93.1 Å². The third-order valence-electron chi connectivity index (χ3n) is 4.65. The van der Waals surface area contributed by atoms with E-state index in [1.54, 1.807) is 36.9 Å². The van der Waals surface area contributed by atoms with Crippen molar-refractivity contribution >= 4 is 50.1 Å². The van der Waals surface area contributed by atoms with E-state index >= 15 is 0 Å². The van der Waals surface area contributed by atoms with Crippen molar-refractivity contribution in [2.75, 3.05) is 22.0 Å². The average Bonchev–Trinajstić information content (AvgIpc) is 3.02. The lowest BCUT2D eigenvalue weighted by atomic mass is 10.1. The van der Waals surface area contributed by atoms with Crippen LogP contribution in [0.4, 0.5) is 11.4 Å². The number of hydrogen-bond donors (Lipinski definition) is 2. The number of carbonyl (C=O) groups is 1. The molecule has 0 saturated carbocycles. The number of anilines is 2. The van der Waals surface area contributed by atoms with E-state index < -0.39 is 10.0 Å². The molecule has 3 aromatic rings. The molecule has 3 rings (SSSR count). The predicted molar refractivity (Wildman–Crippen MR) is 124 cm³/mol. The van der Waals surface area contributed by atoms with E-state index in [1.165, 1.54) is 0 Å². The molecule has 0 fully saturated rings. The van der Waals surface area contributed by atoms with Crippen molar-refractivity contribution in [1.82, 2.24) is 9.55 Å². The Morgan fingerprint density at radius 2 is 1.87 bits per heavy atom. The van der Waals surface area contributed by atoms with Gasteiger partial charge < -0.3 is 9.88 Å². The zero-order valence-corrected chi connectivity index (χ0v) is 18.9. The van der Waals surface area contributed by atoms with Crippen LogP contribution >= 0.6 is 11.8 Å². The van der Waals surface area contributed by atoms with Crippen molar-refractivity contribution in [3.05, 3.63) is 53.9 Å². The first-order chi connectivity index (χ1) is 14.3. The summed E-state index contributed by atoms with van der Waals surface area (Å²) in [5.41, 5.74) is 3.49. The second-order valence-electron chi connectivity index (χ2n) is 6.98. The summed E-state index contributed by atoms with van der Waals surface area (Å²) in [6, 6.07) is 12.9. The Bertz CT molecular complexity index is 1160. The molecular weight excluding hydrogens is 420 g/mol. The maximum atomic E-state index is 12.8. The van der Waals surface area contributed by atoms with Gasteiger partial charge in [-0.1, -0.05) is 25.1 Å². The minimum absolute atomic E-state index is 0.0505. The summed E-state index contributed by atoms with van der Waals surface area (Å²) in [5.74, 6) is 1.40. The standard InChI is InChI=1S/C21H26N4O3S2/c1-4-12-30(27,28)24-17-10-7-9-16(15(17)2)23-21(26)13-25-19-11-6-5-8-18(19)22-20(25)14-29-3/h5-11,24H,4,12-14H2,1-3H3,(H,23,26). The van der Waals surface area contributed by atoms with E-state index in [0.29, 0.717) is 29.1 Å². The van der Waals surface area contributed by atoms with Crippen LogP contribution in [-0.2, 0) is 27.1 Å². The van der Waals surface area contributed by atoms with Gasteiger partial charge in [-0.25, -0.2) is 13.4 Å². The molecule has 1 aromatic heterocycles. The second kappa shape index (κ2) is 9.53. The number of sulfonamides is 1. The van der Waals surface area contributed by atoms with Crippen LogP contribution in [0.1, 0.15) is 24.7 Å². The number of rotatable bonds is 9. The number of thioether (sulfide) groups is 1. The summed E-state index contributed by atoms with van der Waals surface area (Å²) in [4.78, 5) is 17.5. The highest BCUT2D eigenvalue weighted by Crippen LogP contribution is 2.25. The largest absolute Gasteiger partial charge is 0.324 e. The zero-order chi connectivity index (χ0) is 21.7. The molecule has 0 aliphatic heterocycles. The summed E-state index contributed by atoms with van der Waals surface area (Å²) in [7, 11) is -3.41. The number of nitrogens with zero attached hydrogens (tertiary/aromatic N) is 2. The Hall–Kier alpha value is -2.52. The van der Waals surface area contributed by atoms with Crippen molar-refractivity contribution < 1.29 is 13.2 Å². The van der Waals surface area contributed by atoms with Crippen LogP contribution in [0.15, 0.2) is 42.5 Å². The lowest BCUT2D eigenvalue weighted by Gasteiger charge is -2.15. The molecule has 160 valence electrons. The normalized spacial score (nSPS) is 11.6. The number of carbonyl (C=O) groups excluding carboxylic acids is 1. The molecule has 0 unspecified atom stereocenters. The van der Waals surface area contributed by atoms with Crippen molar-refractivity contribution in [2.24, 2.45) is 0 Å². The molecule has 0 aliphatic rings. The van der Waals surface area contributed by atoms with Crippen LogP contribution in [0.2, 0.25) is 0 Å². The lowest BCUT2D eigenvalue weighted by molar-refractivity contribution is -0.116. The minimum atomic E-state index is -3.41. The fourth-order valence-corrected chi connectivity index (χ4v) is 4.92. The predicted octanol–water partition coefficient (Wildman–Crippen LogP) is 4.00. The number of hydrogen-bond acceptors (Lipinski definition) is 5. The van der Waals surface area contributed by atoms with E-state index in [9.17, 15) is 13.2 Å². The maximum absolute atomic E-state index is 12.8. The summed E-state index contributed by atoms with van der Waals surface area (Å²) < 4.78 is 28.7. The van der Waals surface area contributed by atoms with E-state index in [0.717, 1.165) is 16.9 Å². The van der Waals surface area contributed by atoms with Crippen LogP contribution in [0.5, 0.6) is 0 Å². The van der Waals surface area contributed by atoms with Gasteiger partial charge in [0.2, 0.25) is 15.9 Å². The van der Waals surface area contributed by atoms with Crippen LogP contribution in [0, 0.1) is 6.92 Å². The molecule has 30 heavy (non-hydrogen) atoms. The van der Waals surface area contributed by atoms with E-state index in [-0.39, 0.29) is 18.2 Å². The fraction of sp³-hybridized carbons (Fsp3) is 0.333. The van der Waals surface area contributed by atoms with Crippen molar-refractivity contribution in [3.63, 3.8) is 0 Å². The lowest BCUT2D eigenvalue weighted by Crippen LogP contribution is -2.21. The Morgan fingerprint density at radius 1 is 1.13 bits per heavy atom. The highest BCUT2D eigenvalue weighted by molar-refractivity contribution is 7.97. The number of benzene rings is 2. The number of imidazole rings is 1. The van der Waals surface area contributed by atoms with Crippen LogP contribution in [0.25, 0.3) is 11.0 Å². The van der Waals surface area contributed by atoms with Gasteiger partial charge >= 0.3 is 0 Å². The number of para-hydroxylation sites is 2. The molecule has 0 aliphatic carbocycles. The third kappa shape index (κ3) is 5.14. The fourth-order valence-electron chi connectivity index (χ4n) is 3.24. The van der Waals surface area contributed by atoms with Crippen LogP contribution in [-0.4, -0.2) is 35.9 Å². The highest BCUT2D eigenvalue weighted by atomic mass is 32.2. The van der Waals surface area contributed by atoms with Gasteiger partial charge in [-0.3, -0.25) is 9.52 Å². The van der Waals surface area contributed by atoms with E-state index in [4.69, 9.17) is 0 Å². The molecule has 0 saturated heterocycles. The third-order valence-corrected chi connectivity index (χ3v) is 6.68. The van der Waals surface area contributed by atoms with Gasteiger partial charge in [-0.2, -0.15) is 11.8 Å². The molecule has 1 amide bonds. The van der Waals surface area contributed by atoms with Gasteiger partial charge in [0.1, 0.15) is 12.4 Å². The molecule has 0 bridgehead atoms. The molecule has 9 heteroatoms. The van der Waals surface area contributed by atoms with Crippen molar-refractivity contribution in [2.45, 2.75) is 32.6 Å². The second-order valence-corrected chi connectivity index (χ2v) is 9.69. The van der Waals surface area contributed by atoms with Crippen LogP contribution in [0.3, 0.4) is 0 Å². The van der Waals surface area contributed by atoms with Gasteiger partial charge in [0, 0.05) is 5.69 Å². The van der Waals surface area contributed by atoms with Crippen molar-refractivity contribution in [1.29, 1.82) is 0 Å². The summed E-state index contributed by atoms with van der Waals surface area (Å²) >= 11 is 1.65. The SMILES string of the molecule is CCCS(=O)(=O)Nc1cccc(NC(=O)Cn2c(CSC)nc3ccccc32)c1C. The Labute approximate surface area is 181 Å². The first-order valence-electron chi connectivity index (χ1n) is 9.67. The van der Waals surface area contributed by atoms with Gasteiger partial charge in [0.05, 0.1) is 28.2 Å². The Kier molecular flexibility index (Phi) is 7.04. The smallest absolute Gasteiger partial charge is 0.244 e. The Balaban J connectivity index is 1.81. The minimum Gasteiger partial charge on any atom is -0.324 e. The molecule has 7 nitrogen and oxygen atoms in total. The van der Waals surface area contributed by atoms with Gasteiger partial charge in [0.15, 0.2) is 0 Å². The molecule has 2 aromatic carbocycles. The zero-order valence-electron chi connectivity index (χ0n) is 17.3. The number of nitrogens with one attached hydrogen (secondary N) is 2. The molecule has 0 radical (unpaired) electrons. The van der Waals surface area contributed by atoms with Gasteiger partial charge in [0.25, 0.3) is 0 Å². The summed E-state index contributed by atoms with van der Waals surface area (Å²) in [6.45, 7) is 3.72. The molecule has 1 heterocycles. The molecule has 0 atom stereocenters. The van der Waals surface area contributed by atoms with E-state index in [2.05, 4.69) is 15.0 Å². The van der Waals surface area contributed by atoms with Gasteiger partial charge in [-0.05, 0) is 49.4 Å². The summed E-state index contributed by atoms with van der Waals surface area (Å²) in [5, 5.41) is 2.91. The van der Waals surface area contributed by atoms with Crippen LogP contribution < -0.4 is 10.0 Å². The molecule has 2 N–H and O–H groups in total. The average molecular weight is 447 g/mol. The maximum Gasteiger partial charge on any atom is 0.244 e. The van der Waals surface area contributed by atoms with E-state index in [1.807, 2.05) is 42.0 Å². The summed E-state index contributed by atoms with van der Waals surface area (Å²) in [6.07, 6.45) is 2.53. The molecular formula is C21H26N4O3S2. The molecule has 0 spiro atoms. The number of fused-ring (bicyclic) bond motifs is 1. The van der Waals surface area contributed by atoms with Gasteiger partial charge in [-0.15, -0.1) is 0 Å². The first kappa shape index (κ1) is 22.2. The first-order valence-corrected chi connectivity index (χ1v) is 12.7. The quantitative estimate of drug-likeness (QED) is 0.518. The number of amides is 1. The highest BCUT2D eigenvalue weighted by Gasteiger charge is 2.16. The van der Waals surface area contributed by atoms with Crippen molar-refractivity contribution in [3.8, 4) is 0 Å².